The van der Waals surface area contributed by atoms with Crippen molar-refractivity contribution in [1.82, 2.24) is 4.90 Å². The zero-order chi connectivity index (χ0) is 16.2. The molecule has 0 saturated carbocycles. The van der Waals surface area contributed by atoms with Gasteiger partial charge in [-0.3, -0.25) is 4.79 Å². The molecule has 0 spiro atoms. The van der Waals surface area contributed by atoms with Crippen molar-refractivity contribution >= 4 is 5.91 Å². The number of carbonyl (C=O) groups is 1. The Kier molecular flexibility index (Phi) is 4.51. The number of hydrogen-bond acceptors (Lipinski definition) is 3. The van der Waals surface area contributed by atoms with Gasteiger partial charge in [-0.2, -0.15) is 0 Å². The van der Waals surface area contributed by atoms with E-state index in [0.717, 1.165) is 13.0 Å². The summed E-state index contributed by atoms with van der Waals surface area (Å²) >= 11 is 0. The maximum atomic E-state index is 12.6. The lowest BCUT2D eigenvalue weighted by atomic mass is 9.99. The van der Waals surface area contributed by atoms with Crippen LogP contribution in [0, 0.1) is 0 Å². The SMILES string of the molecule is COc1cccc(O[C@H](C)C(=O)N2CCc3ccccc3C2)c1. The molecule has 120 valence electrons. The monoisotopic (exact) mass is 311 g/mol. The molecule has 4 heteroatoms. The number of fused-ring (bicyclic) bond motifs is 1. The van der Waals surface area contributed by atoms with E-state index in [1.165, 1.54) is 11.1 Å². The summed E-state index contributed by atoms with van der Waals surface area (Å²) in [5, 5.41) is 0. The van der Waals surface area contributed by atoms with Crippen molar-refractivity contribution in [3.05, 3.63) is 59.7 Å². The molecule has 2 aromatic rings. The highest BCUT2D eigenvalue weighted by atomic mass is 16.5. The number of nitrogens with zero attached hydrogens (tertiary/aromatic N) is 1. The number of ether oxygens (including phenoxy) is 2. The molecule has 0 N–H and O–H groups in total. The predicted molar refractivity (Wildman–Crippen MR) is 88.6 cm³/mol. The van der Waals surface area contributed by atoms with Crippen molar-refractivity contribution in [1.29, 1.82) is 0 Å². The topological polar surface area (TPSA) is 38.8 Å². The van der Waals surface area contributed by atoms with Gasteiger partial charge in [0, 0.05) is 19.2 Å². The average Bonchev–Trinajstić information content (AvgIpc) is 2.60. The Morgan fingerprint density at radius 1 is 1.09 bits per heavy atom. The van der Waals surface area contributed by atoms with Crippen LogP contribution in [0.2, 0.25) is 0 Å². The van der Waals surface area contributed by atoms with E-state index >= 15 is 0 Å². The molecule has 0 aromatic heterocycles. The van der Waals surface area contributed by atoms with Gasteiger partial charge in [-0.05, 0) is 36.6 Å². The van der Waals surface area contributed by atoms with Crippen molar-refractivity contribution in [3.8, 4) is 11.5 Å². The van der Waals surface area contributed by atoms with E-state index in [-0.39, 0.29) is 5.91 Å². The third-order valence-electron chi connectivity index (χ3n) is 4.14. The highest BCUT2D eigenvalue weighted by Gasteiger charge is 2.25. The van der Waals surface area contributed by atoms with Crippen molar-refractivity contribution in [3.63, 3.8) is 0 Å². The van der Waals surface area contributed by atoms with Gasteiger partial charge in [0.1, 0.15) is 11.5 Å². The molecule has 23 heavy (non-hydrogen) atoms. The van der Waals surface area contributed by atoms with Crippen LogP contribution in [0.3, 0.4) is 0 Å². The molecule has 1 heterocycles. The molecule has 1 aliphatic rings. The van der Waals surface area contributed by atoms with Gasteiger partial charge in [0.25, 0.3) is 5.91 Å². The summed E-state index contributed by atoms with van der Waals surface area (Å²) in [6, 6.07) is 15.6. The van der Waals surface area contributed by atoms with Crippen LogP contribution in [0.1, 0.15) is 18.1 Å². The quantitative estimate of drug-likeness (QED) is 0.871. The molecule has 3 rings (SSSR count). The molecule has 1 atom stereocenters. The van der Waals surface area contributed by atoms with Crippen molar-refractivity contribution in [2.45, 2.75) is 26.0 Å². The molecule has 2 aromatic carbocycles. The Bertz CT molecular complexity index is 699. The number of hydrogen-bond donors (Lipinski definition) is 0. The second-order valence-corrected chi connectivity index (χ2v) is 5.72. The number of carbonyl (C=O) groups excluding carboxylic acids is 1. The van der Waals surface area contributed by atoms with Gasteiger partial charge in [-0.25, -0.2) is 0 Å². The Morgan fingerprint density at radius 2 is 1.83 bits per heavy atom. The molecular weight excluding hydrogens is 290 g/mol. The van der Waals surface area contributed by atoms with Crippen LogP contribution in [-0.2, 0) is 17.8 Å². The first-order valence-electron chi connectivity index (χ1n) is 7.83. The molecule has 1 amide bonds. The highest BCUT2D eigenvalue weighted by molar-refractivity contribution is 5.81. The Morgan fingerprint density at radius 3 is 2.61 bits per heavy atom. The van der Waals surface area contributed by atoms with Gasteiger partial charge < -0.3 is 14.4 Å². The standard InChI is InChI=1S/C19H21NO3/c1-14(23-18-9-5-8-17(12-18)22-2)19(21)20-11-10-15-6-3-4-7-16(15)13-20/h3-9,12,14H,10-11,13H2,1-2H3/t14-/m1/s1. The second kappa shape index (κ2) is 6.73. The van der Waals surface area contributed by atoms with E-state index in [0.29, 0.717) is 18.0 Å². The molecular formula is C19H21NO3. The Labute approximate surface area is 136 Å². The molecule has 1 aliphatic heterocycles. The lowest BCUT2D eigenvalue weighted by Gasteiger charge is -2.31. The lowest BCUT2D eigenvalue weighted by molar-refractivity contribution is -0.138. The third kappa shape index (κ3) is 3.47. The van der Waals surface area contributed by atoms with Crippen molar-refractivity contribution in [2.75, 3.05) is 13.7 Å². The van der Waals surface area contributed by atoms with Crippen LogP contribution in [0.5, 0.6) is 11.5 Å². The molecule has 0 aliphatic carbocycles. The summed E-state index contributed by atoms with van der Waals surface area (Å²) in [5.41, 5.74) is 2.55. The van der Waals surface area contributed by atoms with E-state index < -0.39 is 6.10 Å². The molecule has 0 unspecified atom stereocenters. The summed E-state index contributed by atoms with van der Waals surface area (Å²) in [6.07, 6.45) is 0.376. The van der Waals surface area contributed by atoms with Crippen LogP contribution < -0.4 is 9.47 Å². The number of benzene rings is 2. The van der Waals surface area contributed by atoms with Crippen molar-refractivity contribution in [2.24, 2.45) is 0 Å². The van der Waals surface area contributed by atoms with Gasteiger partial charge in [0.15, 0.2) is 6.10 Å². The minimum atomic E-state index is -0.521. The average molecular weight is 311 g/mol. The van der Waals surface area contributed by atoms with Crippen LogP contribution in [0.25, 0.3) is 0 Å². The molecule has 0 saturated heterocycles. The molecule has 4 nitrogen and oxygen atoms in total. The lowest BCUT2D eigenvalue weighted by Crippen LogP contribution is -2.43. The van der Waals surface area contributed by atoms with Crippen LogP contribution in [-0.4, -0.2) is 30.6 Å². The van der Waals surface area contributed by atoms with E-state index in [9.17, 15) is 4.79 Å². The van der Waals surface area contributed by atoms with Crippen LogP contribution in [0.4, 0.5) is 0 Å². The predicted octanol–water partition coefficient (Wildman–Crippen LogP) is 3.05. The fraction of sp³-hybridized carbons (Fsp3) is 0.316. The fourth-order valence-electron chi connectivity index (χ4n) is 2.87. The third-order valence-corrected chi connectivity index (χ3v) is 4.14. The fourth-order valence-corrected chi connectivity index (χ4v) is 2.87. The molecule has 0 fully saturated rings. The van der Waals surface area contributed by atoms with Gasteiger partial charge >= 0.3 is 0 Å². The first kappa shape index (κ1) is 15.4. The molecule has 0 bridgehead atoms. The maximum Gasteiger partial charge on any atom is 0.263 e. The normalized spacial score (nSPS) is 14.8. The summed E-state index contributed by atoms with van der Waals surface area (Å²) in [7, 11) is 1.61. The van der Waals surface area contributed by atoms with Gasteiger partial charge in [-0.15, -0.1) is 0 Å². The first-order valence-corrected chi connectivity index (χ1v) is 7.83. The minimum absolute atomic E-state index is 0.0160. The Balaban J connectivity index is 1.66. The van der Waals surface area contributed by atoms with Gasteiger partial charge in [0.05, 0.1) is 7.11 Å². The molecule has 0 radical (unpaired) electrons. The largest absolute Gasteiger partial charge is 0.497 e. The van der Waals surface area contributed by atoms with Crippen molar-refractivity contribution < 1.29 is 14.3 Å². The highest BCUT2D eigenvalue weighted by Crippen LogP contribution is 2.22. The maximum absolute atomic E-state index is 12.6. The number of methoxy groups -OCH3 is 1. The second-order valence-electron chi connectivity index (χ2n) is 5.72. The van der Waals surface area contributed by atoms with Crippen LogP contribution >= 0.6 is 0 Å². The zero-order valence-corrected chi connectivity index (χ0v) is 13.5. The Hall–Kier alpha value is -2.49. The van der Waals surface area contributed by atoms with Gasteiger partial charge in [0.2, 0.25) is 0 Å². The summed E-state index contributed by atoms with van der Waals surface area (Å²) < 4.78 is 11.0. The van der Waals surface area contributed by atoms with E-state index in [1.807, 2.05) is 35.2 Å². The minimum Gasteiger partial charge on any atom is -0.497 e. The first-order chi connectivity index (χ1) is 11.2. The zero-order valence-electron chi connectivity index (χ0n) is 13.5. The summed E-state index contributed by atoms with van der Waals surface area (Å²) in [4.78, 5) is 14.5. The summed E-state index contributed by atoms with van der Waals surface area (Å²) in [6.45, 7) is 3.19. The number of rotatable bonds is 4. The van der Waals surface area contributed by atoms with Crippen LogP contribution in [0.15, 0.2) is 48.5 Å². The van der Waals surface area contributed by atoms with E-state index in [2.05, 4.69) is 12.1 Å². The van der Waals surface area contributed by atoms with Gasteiger partial charge in [-0.1, -0.05) is 30.3 Å². The van der Waals surface area contributed by atoms with E-state index in [4.69, 9.17) is 9.47 Å². The van der Waals surface area contributed by atoms with E-state index in [1.54, 1.807) is 20.1 Å². The smallest absolute Gasteiger partial charge is 0.263 e. The number of amides is 1. The summed E-state index contributed by atoms with van der Waals surface area (Å²) in [5.74, 6) is 1.37.